The number of thioether (sulfide) groups is 2. The minimum Gasteiger partial charge on any atom is -0.431 e. The molecular weight excluding hydrogens is 1060 g/mol. The molecule has 2 unspecified atom stereocenters. The maximum Gasteiger partial charge on any atom is 0.511 e. The van der Waals surface area contributed by atoms with E-state index < -0.39 is 101 Å². The highest BCUT2D eigenvalue weighted by Gasteiger charge is 2.55. The van der Waals surface area contributed by atoms with Crippen LogP contribution in [0.5, 0.6) is 0 Å². The average molecular weight is 1120 g/mol. The molecule has 0 saturated carbocycles. The number of thiazole rings is 2. The van der Waals surface area contributed by atoms with E-state index in [9.17, 15) is 38.4 Å². The van der Waals surface area contributed by atoms with Crippen LogP contribution in [0.1, 0.15) is 52.9 Å². The Hall–Kier alpha value is -6.74. The number of nitrogens with one attached hydrogen (secondary N) is 4. The summed E-state index contributed by atoms with van der Waals surface area (Å²) in [6, 6.07) is -2.77. The van der Waals surface area contributed by atoms with Gasteiger partial charge in [0, 0.05) is 50.3 Å². The number of nitrogen functional groups attached to an aromatic ring is 1. The quantitative estimate of drug-likeness (QED) is 0.0264. The molecule has 3 aliphatic rings. The van der Waals surface area contributed by atoms with Crippen LogP contribution in [0.25, 0.3) is 0 Å². The standard InChI is InChI=1S/C42H54N10O18S4/c1-17(2)65-41(59)69-19(5)67-37(57)25-21(11-61-7)13-71-34(48-25)28(46-31(53)26(50-63-9)23-15-73-39(43)44-23)33(55)49-40-45-24(16-74-40)27(51-64-10)32(54)47-29-35(56)52-30(22(12-62-8)14-72-36(29)52)38(58)68-20(6)70-42(60)66-18(3)4/h15-20,28-29,34,36,48H,11-14H2,1-10H3,(H2,43,44)(H,46,53)(H,47,54)(H,45,49,55)/b50-26-,51-27-/t19?,20?,28-,29-,34-,36-/m1/s1. The second kappa shape index (κ2) is 27.0. The highest BCUT2D eigenvalue weighted by Crippen LogP contribution is 2.41. The fourth-order valence-corrected chi connectivity index (χ4v) is 10.4. The summed E-state index contributed by atoms with van der Waals surface area (Å²) < 4.78 is 41.2. The second-order valence-corrected chi connectivity index (χ2v) is 19.8. The van der Waals surface area contributed by atoms with Gasteiger partial charge in [-0.25, -0.2) is 29.1 Å². The average Bonchev–Trinajstić information content (AvgIpc) is 3.98. The molecule has 0 radical (unpaired) electrons. The number of β-lactam (4-membered cyclic amide) rings is 1. The van der Waals surface area contributed by atoms with Crippen molar-refractivity contribution in [3.05, 3.63) is 44.7 Å². The predicted octanol–water partition coefficient (Wildman–Crippen LogP) is 1.77. The Morgan fingerprint density at radius 2 is 1.30 bits per heavy atom. The lowest BCUT2D eigenvalue weighted by Gasteiger charge is -2.49. The van der Waals surface area contributed by atoms with E-state index in [1.165, 1.54) is 57.7 Å². The molecule has 3 aliphatic heterocycles. The molecule has 1 saturated heterocycles. The van der Waals surface area contributed by atoms with E-state index in [-0.39, 0.29) is 63.5 Å². The highest BCUT2D eigenvalue weighted by molar-refractivity contribution is 8.00. The summed E-state index contributed by atoms with van der Waals surface area (Å²) in [4.78, 5) is 127. The van der Waals surface area contributed by atoms with Crippen molar-refractivity contribution in [2.75, 3.05) is 64.2 Å². The number of ether oxygens (including phenoxy) is 8. The van der Waals surface area contributed by atoms with Crippen molar-refractivity contribution in [1.82, 2.24) is 30.8 Å². The molecule has 0 bridgehead atoms. The van der Waals surface area contributed by atoms with Crippen LogP contribution in [-0.4, -0.2) is 175 Å². The Kier molecular flexibility index (Phi) is 21.2. The van der Waals surface area contributed by atoms with E-state index in [2.05, 4.69) is 41.5 Å². The number of hydrogen-bond donors (Lipinski definition) is 5. The number of aromatic nitrogens is 2. The maximum atomic E-state index is 14.4. The first-order valence-corrected chi connectivity index (χ1v) is 25.8. The van der Waals surface area contributed by atoms with E-state index in [1.807, 2.05) is 0 Å². The molecule has 2 aromatic rings. The molecule has 1 fully saturated rings. The third-order valence-corrected chi connectivity index (χ3v) is 13.6. The molecule has 4 amide bonds. The Morgan fingerprint density at radius 1 is 0.743 bits per heavy atom. The van der Waals surface area contributed by atoms with Gasteiger partial charge in [-0.2, -0.15) is 0 Å². The maximum absolute atomic E-state index is 14.4. The highest BCUT2D eigenvalue weighted by atomic mass is 32.2. The fourth-order valence-electron chi connectivity index (χ4n) is 6.66. The summed E-state index contributed by atoms with van der Waals surface area (Å²) in [5, 5.41) is 19.3. The number of oxime groups is 2. The van der Waals surface area contributed by atoms with Crippen LogP contribution in [0.15, 0.2) is 43.6 Å². The van der Waals surface area contributed by atoms with Gasteiger partial charge in [-0.05, 0) is 38.8 Å². The number of anilines is 2. The van der Waals surface area contributed by atoms with Crippen molar-refractivity contribution in [3.63, 3.8) is 0 Å². The van der Waals surface area contributed by atoms with Gasteiger partial charge in [0.2, 0.25) is 12.6 Å². The molecule has 6 atom stereocenters. The zero-order valence-corrected chi connectivity index (χ0v) is 44.7. The summed E-state index contributed by atoms with van der Waals surface area (Å²) in [5.41, 5.74) is 5.44. The lowest BCUT2D eigenvalue weighted by Crippen LogP contribution is -2.71. The summed E-state index contributed by atoms with van der Waals surface area (Å²) in [6.45, 7) is 8.88. The summed E-state index contributed by atoms with van der Waals surface area (Å²) in [7, 11) is 5.15. The first kappa shape index (κ1) is 58.2. The van der Waals surface area contributed by atoms with Crippen LogP contribution in [0.3, 0.4) is 0 Å². The van der Waals surface area contributed by atoms with Crippen molar-refractivity contribution < 1.29 is 85.9 Å². The zero-order valence-electron chi connectivity index (χ0n) is 41.4. The topological polar surface area (TPSA) is 357 Å². The normalized spacial score (nSPS) is 18.9. The first-order chi connectivity index (χ1) is 35.2. The van der Waals surface area contributed by atoms with Gasteiger partial charge in [0.15, 0.2) is 21.7 Å². The number of nitrogens with two attached hydrogens (primary N) is 1. The molecule has 74 heavy (non-hydrogen) atoms. The van der Waals surface area contributed by atoms with Crippen molar-refractivity contribution >= 4 is 116 Å². The van der Waals surface area contributed by atoms with Gasteiger partial charge in [-0.15, -0.1) is 46.2 Å². The number of methoxy groups -OCH3 is 2. The lowest BCUT2D eigenvalue weighted by molar-refractivity contribution is -0.169. The number of carbonyl (C=O) groups excluding carboxylic acids is 8. The molecule has 2 aromatic heterocycles. The predicted molar refractivity (Wildman–Crippen MR) is 265 cm³/mol. The molecular formula is C42H54N10O18S4. The number of rotatable bonds is 23. The molecule has 32 heteroatoms. The number of nitrogens with zero attached hydrogens (tertiary/aromatic N) is 5. The number of amides is 4. The molecule has 404 valence electrons. The number of carbonyl (C=O) groups is 8. The Bertz CT molecular complexity index is 2570. The van der Waals surface area contributed by atoms with E-state index >= 15 is 0 Å². The minimum absolute atomic E-state index is 0.0236. The van der Waals surface area contributed by atoms with Crippen molar-refractivity contribution in [2.45, 2.75) is 89.2 Å². The Balaban J connectivity index is 1.35. The number of fused-ring (bicyclic) bond motifs is 1. The Morgan fingerprint density at radius 3 is 1.86 bits per heavy atom. The first-order valence-electron chi connectivity index (χ1n) is 21.9. The summed E-state index contributed by atoms with van der Waals surface area (Å²) in [6.07, 6.45) is -5.99. The third kappa shape index (κ3) is 15.2. The summed E-state index contributed by atoms with van der Waals surface area (Å²) in [5.74, 6) is -5.20. The molecule has 5 rings (SSSR count). The van der Waals surface area contributed by atoms with Crippen LogP contribution in [-0.2, 0) is 76.3 Å². The monoisotopic (exact) mass is 1110 g/mol. The van der Waals surface area contributed by atoms with Gasteiger partial charge >= 0.3 is 24.2 Å². The molecule has 6 N–H and O–H groups in total. The SMILES string of the molecule is COCC1=C(C(=O)OC(C)OC(=O)OC(C)C)N[C@@H]([C@H](NC(=O)/C(=N\OC)c2csc(N)n2)C(=O)Nc2nc(/C(=N/OC)C(=O)N[C@@H]3C(=O)N4C(C(=O)OC(C)OC(=O)OC(C)C)=C(COC)CS[C@H]34)cs2)SC1. The van der Waals surface area contributed by atoms with Gasteiger partial charge in [0.05, 0.1) is 25.4 Å². The Labute approximate surface area is 439 Å². The number of esters is 2. The molecule has 0 spiro atoms. The van der Waals surface area contributed by atoms with E-state index in [0.717, 1.165) is 46.4 Å². The van der Waals surface area contributed by atoms with Gasteiger partial charge < -0.3 is 74.6 Å². The van der Waals surface area contributed by atoms with Gasteiger partial charge in [-0.1, -0.05) is 10.3 Å². The fraction of sp³-hybridized carbons (Fsp3) is 0.524. The van der Waals surface area contributed by atoms with Crippen LogP contribution >= 0.6 is 46.2 Å². The minimum atomic E-state index is -1.58. The second-order valence-electron chi connectivity index (χ2n) is 15.8. The van der Waals surface area contributed by atoms with Crippen LogP contribution in [0.2, 0.25) is 0 Å². The summed E-state index contributed by atoms with van der Waals surface area (Å²) >= 11 is 4.18. The van der Waals surface area contributed by atoms with Gasteiger partial charge in [-0.3, -0.25) is 24.1 Å². The van der Waals surface area contributed by atoms with E-state index in [4.69, 9.17) is 53.3 Å². The number of hydrogen-bond acceptors (Lipinski definition) is 28. The van der Waals surface area contributed by atoms with Gasteiger partial charge in [0.25, 0.3) is 23.6 Å². The molecule has 5 heterocycles. The van der Waals surface area contributed by atoms with Crippen LogP contribution < -0.4 is 27.0 Å². The van der Waals surface area contributed by atoms with E-state index in [0.29, 0.717) is 11.1 Å². The van der Waals surface area contributed by atoms with E-state index in [1.54, 1.807) is 27.7 Å². The zero-order chi connectivity index (χ0) is 54.4. The largest absolute Gasteiger partial charge is 0.511 e. The molecule has 28 nitrogen and oxygen atoms in total. The van der Waals surface area contributed by atoms with Crippen LogP contribution in [0, 0.1) is 0 Å². The van der Waals surface area contributed by atoms with Crippen molar-refractivity contribution in [1.29, 1.82) is 0 Å². The molecule has 0 aliphatic carbocycles. The van der Waals surface area contributed by atoms with Crippen molar-refractivity contribution in [3.8, 4) is 0 Å². The van der Waals surface area contributed by atoms with Crippen molar-refractivity contribution in [2.24, 2.45) is 10.3 Å². The lowest BCUT2D eigenvalue weighted by atomic mass is 10.0. The molecule has 0 aromatic carbocycles. The van der Waals surface area contributed by atoms with Crippen LogP contribution in [0.4, 0.5) is 19.9 Å². The smallest absolute Gasteiger partial charge is 0.431 e. The third-order valence-electron chi connectivity index (χ3n) is 9.59. The van der Waals surface area contributed by atoms with Gasteiger partial charge in [0.1, 0.15) is 59.8 Å².